The van der Waals surface area contributed by atoms with E-state index in [1.54, 1.807) is 0 Å². The summed E-state index contributed by atoms with van der Waals surface area (Å²) in [7, 11) is 2.14. The second-order valence-corrected chi connectivity index (χ2v) is 4.58. The van der Waals surface area contributed by atoms with E-state index in [1.165, 1.54) is 11.1 Å². The van der Waals surface area contributed by atoms with Gasteiger partial charge in [-0.05, 0) is 38.9 Å². The Hall–Kier alpha value is -0.860. The van der Waals surface area contributed by atoms with Crippen molar-refractivity contribution in [2.45, 2.75) is 33.4 Å². The number of benzene rings is 1. The smallest absolute Gasteiger partial charge is 0.0596 e. The number of nitrogens with zero attached hydrogens (tertiary/aromatic N) is 1. The van der Waals surface area contributed by atoms with Crippen molar-refractivity contribution in [2.75, 3.05) is 20.2 Å². The summed E-state index contributed by atoms with van der Waals surface area (Å²) in [5, 5.41) is 0. The van der Waals surface area contributed by atoms with Crippen LogP contribution in [0.25, 0.3) is 0 Å². The molecular formula is C14H23NO. The van der Waals surface area contributed by atoms with Crippen LogP contribution in [0.5, 0.6) is 0 Å². The Morgan fingerprint density at radius 3 is 2.56 bits per heavy atom. The van der Waals surface area contributed by atoms with Gasteiger partial charge in [-0.1, -0.05) is 24.3 Å². The molecule has 0 bridgehead atoms. The third kappa shape index (κ3) is 4.77. The molecule has 1 rings (SSSR count). The van der Waals surface area contributed by atoms with Crippen LogP contribution in [-0.4, -0.2) is 31.2 Å². The van der Waals surface area contributed by atoms with Crippen LogP contribution in [0.1, 0.15) is 25.0 Å². The van der Waals surface area contributed by atoms with Crippen molar-refractivity contribution in [2.24, 2.45) is 0 Å². The van der Waals surface area contributed by atoms with Crippen molar-refractivity contribution in [1.29, 1.82) is 0 Å². The lowest BCUT2D eigenvalue weighted by Gasteiger charge is -2.18. The zero-order valence-electron chi connectivity index (χ0n) is 10.9. The van der Waals surface area contributed by atoms with E-state index >= 15 is 0 Å². The molecular weight excluding hydrogens is 198 g/mol. The summed E-state index contributed by atoms with van der Waals surface area (Å²) in [5.74, 6) is 0. The molecule has 2 nitrogen and oxygen atoms in total. The lowest BCUT2D eigenvalue weighted by atomic mass is 10.1. The highest BCUT2D eigenvalue weighted by atomic mass is 16.5. The lowest BCUT2D eigenvalue weighted by molar-refractivity contribution is 0.0627. The Bertz CT molecular complexity index is 309. The summed E-state index contributed by atoms with van der Waals surface area (Å²) >= 11 is 0. The summed E-state index contributed by atoms with van der Waals surface area (Å²) < 4.78 is 5.54. The first-order valence-corrected chi connectivity index (χ1v) is 5.94. The molecule has 0 saturated carbocycles. The van der Waals surface area contributed by atoms with E-state index in [-0.39, 0.29) is 0 Å². The van der Waals surface area contributed by atoms with Crippen molar-refractivity contribution < 1.29 is 4.74 Å². The van der Waals surface area contributed by atoms with Gasteiger partial charge in [0.05, 0.1) is 12.7 Å². The Morgan fingerprint density at radius 2 is 1.94 bits per heavy atom. The minimum Gasteiger partial charge on any atom is -0.377 e. The minimum absolute atomic E-state index is 0.326. The number of hydrogen-bond donors (Lipinski definition) is 0. The molecule has 0 heterocycles. The molecule has 0 aromatic heterocycles. The zero-order valence-corrected chi connectivity index (χ0v) is 10.9. The molecule has 0 N–H and O–H groups in total. The normalized spacial score (nSPS) is 11.4. The van der Waals surface area contributed by atoms with Crippen LogP contribution in [0.2, 0.25) is 0 Å². The molecule has 0 spiro atoms. The van der Waals surface area contributed by atoms with Gasteiger partial charge in [-0.2, -0.15) is 0 Å². The van der Waals surface area contributed by atoms with E-state index in [2.05, 4.69) is 57.0 Å². The highest BCUT2D eigenvalue weighted by Gasteiger charge is 2.03. The predicted molar refractivity (Wildman–Crippen MR) is 68.6 cm³/mol. The first-order chi connectivity index (χ1) is 7.59. The van der Waals surface area contributed by atoms with Crippen LogP contribution in [0.15, 0.2) is 24.3 Å². The fourth-order valence-corrected chi connectivity index (χ4v) is 1.60. The summed E-state index contributed by atoms with van der Waals surface area (Å²) in [5.41, 5.74) is 2.76. The van der Waals surface area contributed by atoms with Crippen LogP contribution >= 0.6 is 0 Å². The molecule has 16 heavy (non-hydrogen) atoms. The second kappa shape index (κ2) is 6.66. The van der Waals surface area contributed by atoms with Gasteiger partial charge in [0.25, 0.3) is 0 Å². The summed E-state index contributed by atoms with van der Waals surface area (Å²) in [6.07, 6.45) is 0.326. The van der Waals surface area contributed by atoms with Gasteiger partial charge >= 0.3 is 0 Å². The number of aryl methyl sites for hydroxylation is 1. The van der Waals surface area contributed by atoms with E-state index in [4.69, 9.17) is 4.74 Å². The van der Waals surface area contributed by atoms with Gasteiger partial charge in [0.2, 0.25) is 0 Å². The number of rotatable bonds is 6. The molecule has 1 aromatic carbocycles. The highest BCUT2D eigenvalue weighted by Crippen LogP contribution is 2.09. The summed E-state index contributed by atoms with van der Waals surface area (Å²) in [6.45, 7) is 9.08. The molecule has 0 aliphatic rings. The molecule has 0 atom stereocenters. The largest absolute Gasteiger partial charge is 0.377 e. The van der Waals surface area contributed by atoms with Crippen LogP contribution in [0, 0.1) is 6.92 Å². The zero-order chi connectivity index (χ0) is 12.0. The highest BCUT2D eigenvalue weighted by molar-refractivity contribution is 5.25. The molecule has 0 saturated heterocycles. The maximum Gasteiger partial charge on any atom is 0.0596 e. The topological polar surface area (TPSA) is 12.5 Å². The van der Waals surface area contributed by atoms with Gasteiger partial charge in [0, 0.05) is 13.1 Å². The quantitative estimate of drug-likeness (QED) is 0.732. The number of hydrogen-bond acceptors (Lipinski definition) is 2. The van der Waals surface area contributed by atoms with Crippen LogP contribution in [0.3, 0.4) is 0 Å². The summed E-state index contributed by atoms with van der Waals surface area (Å²) in [6, 6.07) is 8.53. The maximum atomic E-state index is 5.54. The van der Waals surface area contributed by atoms with Crippen molar-refractivity contribution >= 4 is 0 Å². The third-order valence-electron chi connectivity index (χ3n) is 2.63. The molecule has 0 fully saturated rings. The van der Waals surface area contributed by atoms with Gasteiger partial charge in [-0.25, -0.2) is 0 Å². The molecule has 0 aliphatic heterocycles. The lowest BCUT2D eigenvalue weighted by Crippen LogP contribution is -2.24. The average Bonchev–Trinajstić information content (AvgIpc) is 2.21. The third-order valence-corrected chi connectivity index (χ3v) is 2.63. The molecule has 1 aromatic rings. The molecule has 0 unspecified atom stereocenters. The first kappa shape index (κ1) is 13.2. The van der Waals surface area contributed by atoms with E-state index in [9.17, 15) is 0 Å². The predicted octanol–water partition coefficient (Wildman–Crippen LogP) is 2.85. The molecule has 2 heteroatoms. The maximum absolute atomic E-state index is 5.54. The molecule has 0 radical (unpaired) electrons. The second-order valence-electron chi connectivity index (χ2n) is 4.58. The van der Waals surface area contributed by atoms with E-state index < -0.39 is 0 Å². The van der Waals surface area contributed by atoms with Gasteiger partial charge in [-0.15, -0.1) is 0 Å². The van der Waals surface area contributed by atoms with E-state index in [0.717, 1.165) is 19.7 Å². The fraction of sp³-hybridized carbons (Fsp3) is 0.571. The van der Waals surface area contributed by atoms with Crippen molar-refractivity contribution in [3.05, 3.63) is 35.4 Å². The monoisotopic (exact) mass is 221 g/mol. The van der Waals surface area contributed by atoms with Crippen LogP contribution < -0.4 is 0 Å². The SMILES string of the molecule is Cc1ccccc1CN(C)CCOC(C)C. The first-order valence-electron chi connectivity index (χ1n) is 5.94. The summed E-state index contributed by atoms with van der Waals surface area (Å²) in [4.78, 5) is 2.30. The number of likely N-dealkylation sites (N-methyl/N-ethyl adjacent to an activating group) is 1. The molecule has 90 valence electrons. The van der Waals surface area contributed by atoms with Gasteiger partial charge in [0.15, 0.2) is 0 Å². The molecule has 0 aliphatic carbocycles. The minimum atomic E-state index is 0.326. The molecule has 0 amide bonds. The standard InChI is InChI=1S/C14H23NO/c1-12(2)16-10-9-15(4)11-14-8-6-5-7-13(14)3/h5-8,12H,9-11H2,1-4H3. The van der Waals surface area contributed by atoms with E-state index in [1.807, 2.05) is 0 Å². The van der Waals surface area contributed by atoms with Crippen LogP contribution in [0.4, 0.5) is 0 Å². The van der Waals surface area contributed by atoms with Crippen LogP contribution in [-0.2, 0) is 11.3 Å². The van der Waals surface area contributed by atoms with Gasteiger partial charge in [0.1, 0.15) is 0 Å². The Kier molecular flexibility index (Phi) is 5.50. The Labute approximate surface area is 99.2 Å². The van der Waals surface area contributed by atoms with Crippen molar-refractivity contribution in [1.82, 2.24) is 4.90 Å². The van der Waals surface area contributed by atoms with Gasteiger partial charge < -0.3 is 4.74 Å². The van der Waals surface area contributed by atoms with E-state index in [0.29, 0.717) is 6.10 Å². The Balaban J connectivity index is 2.34. The van der Waals surface area contributed by atoms with Gasteiger partial charge in [-0.3, -0.25) is 4.90 Å². The average molecular weight is 221 g/mol. The number of ether oxygens (including phenoxy) is 1. The van der Waals surface area contributed by atoms with Crippen molar-refractivity contribution in [3.63, 3.8) is 0 Å². The fourth-order valence-electron chi connectivity index (χ4n) is 1.60. The van der Waals surface area contributed by atoms with Crippen molar-refractivity contribution in [3.8, 4) is 0 Å². The Morgan fingerprint density at radius 1 is 1.25 bits per heavy atom.